The fraction of sp³-hybridized carbons (Fsp3) is 0.130. The first kappa shape index (κ1) is 19.4. The predicted molar refractivity (Wildman–Crippen MR) is 125 cm³/mol. The van der Waals surface area contributed by atoms with E-state index in [0.717, 1.165) is 44.0 Å². The number of nitrogens with zero attached hydrogens (tertiary/aromatic N) is 7. The van der Waals surface area contributed by atoms with E-state index in [1.165, 1.54) is 0 Å². The molecule has 0 unspecified atom stereocenters. The standard InChI is InChI=1S/C23H20BrN7/c1-29(22-19-21(24)28-30(2)23(19)26-15-25-22)13-17-14-31(18-11-7-4-8-12-18)27-20(17)16-9-5-3-6-10-16/h3-12,14-15H,13H2,1-2H3. The number of anilines is 1. The highest BCUT2D eigenvalue weighted by molar-refractivity contribution is 9.10. The first-order valence-electron chi connectivity index (χ1n) is 9.85. The van der Waals surface area contributed by atoms with Crippen LogP contribution in [0.5, 0.6) is 0 Å². The molecule has 0 saturated carbocycles. The van der Waals surface area contributed by atoms with Crippen molar-refractivity contribution in [1.29, 1.82) is 0 Å². The normalized spacial score (nSPS) is 11.2. The average molecular weight is 474 g/mol. The molecular weight excluding hydrogens is 454 g/mol. The number of hydrogen-bond acceptors (Lipinski definition) is 5. The lowest BCUT2D eigenvalue weighted by Crippen LogP contribution is -2.18. The Morgan fingerprint density at radius 3 is 2.39 bits per heavy atom. The van der Waals surface area contributed by atoms with Crippen molar-refractivity contribution in [3.63, 3.8) is 0 Å². The van der Waals surface area contributed by atoms with E-state index in [2.05, 4.69) is 66.4 Å². The summed E-state index contributed by atoms with van der Waals surface area (Å²) in [5.74, 6) is 0.816. The molecule has 0 aliphatic carbocycles. The zero-order chi connectivity index (χ0) is 21.4. The Balaban J connectivity index is 1.58. The maximum atomic E-state index is 4.91. The van der Waals surface area contributed by atoms with Gasteiger partial charge < -0.3 is 4.90 Å². The fourth-order valence-electron chi connectivity index (χ4n) is 3.72. The molecule has 0 aliphatic rings. The van der Waals surface area contributed by atoms with Gasteiger partial charge in [-0.2, -0.15) is 10.2 Å². The largest absolute Gasteiger partial charge is 0.354 e. The van der Waals surface area contributed by atoms with Gasteiger partial charge in [-0.05, 0) is 28.1 Å². The Bertz CT molecular complexity index is 1340. The molecule has 0 aliphatic heterocycles. The monoisotopic (exact) mass is 473 g/mol. The second-order valence-corrected chi connectivity index (χ2v) is 8.07. The number of aryl methyl sites for hydroxylation is 1. The van der Waals surface area contributed by atoms with Gasteiger partial charge in [0.25, 0.3) is 0 Å². The number of hydrogen-bond donors (Lipinski definition) is 0. The Kier molecular flexibility index (Phi) is 4.99. The number of aromatic nitrogens is 6. The second-order valence-electron chi connectivity index (χ2n) is 7.32. The summed E-state index contributed by atoms with van der Waals surface area (Å²) in [7, 11) is 3.90. The summed E-state index contributed by atoms with van der Waals surface area (Å²) in [6.45, 7) is 0.629. The quantitative estimate of drug-likeness (QED) is 0.372. The Morgan fingerprint density at radius 1 is 0.935 bits per heavy atom. The molecule has 2 aromatic carbocycles. The third-order valence-corrected chi connectivity index (χ3v) is 5.74. The van der Waals surface area contributed by atoms with E-state index in [4.69, 9.17) is 5.10 Å². The molecular formula is C23H20BrN7. The molecule has 0 saturated heterocycles. The molecule has 0 atom stereocenters. The lowest BCUT2D eigenvalue weighted by Gasteiger charge is -2.18. The molecule has 154 valence electrons. The van der Waals surface area contributed by atoms with Crippen molar-refractivity contribution < 1.29 is 0 Å². The van der Waals surface area contributed by atoms with Crippen LogP contribution in [0.15, 0.2) is 77.8 Å². The van der Waals surface area contributed by atoms with Crippen molar-refractivity contribution >= 4 is 32.8 Å². The molecule has 0 spiro atoms. The van der Waals surface area contributed by atoms with Crippen LogP contribution >= 0.6 is 15.9 Å². The van der Waals surface area contributed by atoms with E-state index in [1.807, 2.05) is 55.2 Å². The number of para-hydroxylation sites is 1. The summed E-state index contributed by atoms with van der Waals surface area (Å²) in [5, 5.41) is 10.2. The Labute approximate surface area is 188 Å². The van der Waals surface area contributed by atoms with Gasteiger partial charge in [-0.3, -0.25) is 0 Å². The van der Waals surface area contributed by atoms with Crippen LogP contribution in [0.1, 0.15) is 5.56 Å². The van der Waals surface area contributed by atoms with E-state index < -0.39 is 0 Å². The SMILES string of the molecule is CN(Cc1cn(-c2ccccc2)nc1-c1ccccc1)c1ncnc2c1c(Br)nn2C. The molecule has 0 N–H and O–H groups in total. The summed E-state index contributed by atoms with van der Waals surface area (Å²) < 4.78 is 4.42. The third kappa shape index (κ3) is 3.59. The molecule has 0 fully saturated rings. The molecule has 5 rings (SSSR count). The Hall–Kier alpha value is -3.52. The first-order chi connectivity index (χ1) is 15.1. The maximum Gasteiger partial charge on any atom is 0.164 e. The van der Waals surface area contributed by atoms with E-state index in [1.54, 1.807) is 11.0 Å². The van der Waals surface area contributed by atoms with E-state index in [-0.39, 0.29) is 0 Å². The van der Waals surface area contributed by atoms with Crippen LogP contribution in [0.2, 0.25) is 0 Å². The van der Waals surface area contributed by atoms with Crippen LogP contribution in [0.4, 0.5) is 5.82 Å². The number of benzene rings is 2. The van der Waals surface area contributed by atoms with Gasteiger partial charge in [0, 0.05) is 38.0 Å². The Morgan fingerprint density at radius 2 is 1.65 bits per heavy atom. The first-order valence-corrected chi connectivity index (χ1v) is 10.6. The van der Waals surface area contributed by atoms with E-state index in [9.17, 15) is 0 Å². The lowest BCUT2D eigenvalue weighted by molar-refractivity contribution is 0.777. The van der Waals surface area contributed by atoms with Crippen LogP contribution in [-0.4, -0.2) is 36.6 Å². The summed E-state index contributed by atoms with van der Waals surface area (Å²) in [5.41, 5.74) is 4.94. The van der Waals surface area contributed by atoms with Crippen molar-refractivity contribution in [2.75, 3.05) is 11.9 Å². The van der Waals surface area contributed by atoms with Crippen molar-refractivity contribution in [3.05, 3.63) is 83.4 Å². The minimum Gasteiger partial charge on any atom is -0.354 e. The van der Waals surface area contributed by atoms with Gasteiger partial charge >= 0.3 is 0 Å². The topological polar surface area (TPSA) is 64.7 Å². The molecule has 0 amide bonds. The molecule has 3 aromatic heterocycles. The smallest absolute Gasteiger partial charge is 0.164 e. The summed E-state index contributed by atoms with van der Waals surface area (Å²) in [6.07, 6.45) is 3.67. The minimum atomic E-state index is 0.629. The van der Waals surface area contributed by atoms with E-state index >= 15 is 0 Å². The van der Waals surface area contributed by atoms with Crippen LogP contribution in [0.25, 0.3) is 28.0 Å². The van der Waals surface area contributed by atoms with Gasteiger partial charge in [-0.15, -0.1) is 0 Å². The van der Waals surface area contributed by atoms with Crippen LogP contribution in [-0.2, 0) is 13.6 Å². The molecule has 0 radical (unpaired) electrons. The van der Waals surface area contributed by atoms with Gasteiger partial charge in [0.15, 0.2) is 5.65 Å². The highest BCUT2D eigenvalue weighted by Crippen LogP contribution is 2.31. The lowest BCUT2D eigenvalue weighted by atomic mass is 10.1. The van der Waals surface area contributed by atoms with Crippen molar-refractivity contribution in [2.45, 2.75) is 6.54 Å². The summed E-state index contributed by atoms with van der Waals surface area (Å²) >= 11 is 3.55. The van der Waals surface area contributed by atoms with Crippen LogP contribution in [0.3, 0.4) is 0 Å². The molecule has 5 aromatic rings. The van der Waals surface area contributed by atoms with Crippen LogP contribution in [0, 0.1) is 0 Å². The maximum absolute atomic E-state index is 4.91. The summed E-state index contributed by atoms with van der Waals surface area (Å²) in [4.78, 5) is 11.0. The highest BCUT2D eigenvalue weighted by atomic mass is 79.9. The van der Waals surface area contributed by atoms with Gasteiger partial charge in [-0.1, -0.05) is 48.5 Å². The average Bonchev–Trinajstić information content (AvgIpc) is 3.35. The summed E-state index contributed by atoms with van der Waals surface area (Å²) in [6, 6.07) is 20.4. The van der Waals surface area contributed by atoms with Crippen molar-refractivity contribution in [2.24, 2.45) is 7.05 Å². The molecule has 0 bridgehead atoms. The molecule has 8 heteroatoms. The number of fused-ring (bicyclic) bond motifs is 1. The number of halogens is 1. The van der Waals surface area contributed by atoms with Crippen LogP contribution < -0.4 is 4.90 Å². The highest BCUT2D eigenvalue weighted by Gasteiger charge is 2.19. The third-order valence-electron chi connectivity index (χ3n) is 5.18. The van der Waals surface area contributed by atoms with Crippen molar-refractivity contribution in [1.82, 2.24) is 29.5 Å². The van der Waals surface area contributed by atoms with Gasteiger partial charge in [0.05, 0.1) is 16.8 Å². The van der Waals surface area contributed by atoms with Gasteiger partial charge in [0.2, 0.25) is 0 Å². The van der Waals surface area contributed by atoms with Gasteiger partial charge in [0.1, 0.15) is 16.7 Å². The second kappa shape index (κ2) is 7.96. The predicted octanol–water partition coefficient (Wildman–Crippen LogP) is 4.61. The fourth-order valence-corrected chi connectivity index (χ4v) is 4.32. The molecule has 31 heavy (non-hydrogen) atoms. The zero-order valence-corrected chi connectivity index (χ0v) is 18.7. The van der Waals surface area contributed by atoms with Crippen molar-refractivity contribution in [3.8, 4) is 16.9 Å². The minimum absolute atomic E-state index is 0.629. The zero-order valence-electron chi connectivity index (χ0n) is 17.1. The van der Waals surface area contributed by atoms with Gasteiger partial charge in [-0.25, -0.2) is 19.3 Å². The molecule has 3 heterocycles. The van der Waals surface area contributed by atoms with E-state index in [0.29, 0.717) is 6.54 Å². The molecule has 7 nitrogen and oxygen atoms in total. The number of rotatable bonds is 5.